The Morgan fingerprint density at radius 3 is 1.24 bits per heavy atom. The monoisotopic (exact) mass is 1210 g/mol. The second kappa shape index (κ2) is 24.6. The number of aromatic nitrogens is 8. The molecule has 0 atom stereocenters. The Balaban J connectivity index is 0.000000190. The fraction of sp³-hybridized carbons (Fsp3) is 0.630. The van der Waals surface area contributed by atoms with E-state index in [0.29, 0.717) is 13.5 Å². The summed E-state index contributed by atoms with van der Waals surface area (Å²) in [5.74, 6) is 0. The minimum Gasteiger partial charge on any atom is -0.405 e. The number of aryl methyl sites for hydroxylation is 2. The molecule has 428 valence electrons. The van der Waals surface area contributed by atoms with Crippen molar-refractivity contribution in [3.63, 3.8) is 0 Å². The van der Waals surface area contributed by atoms with Crippen molar-refractivity contribution in [2.75, 3.05) is 13.2 Å². The first-order valence-corrected chi connectivity index (χ1v) is 36.0. The molecular weight excluding hydrogens is 1130 g/mol. The lowest BCUT2D eigenvalue weighted by atomic mass is 9.49. The largest absolute Gasteiger partial charge is 0.496 e. The van der Waals surface area contributed by atoms with Gasteiger partial charge in [0.15, 0.2) is 0 Å². The first kappa shape index (κ1) is 64.3. The minimum atomic E-state index is -1.13. The molecule has 9 rings (SSSR count). The Morgan fingerprint density at radius 1 is 0.551 bits per heavy atom. The van der Waals surface area contributed by atoms with Crippen LogP contribution in [-0.4, -0.2) is 128 Å². The fourth-order valence-electron chi connectivity index (χ4n) is 8.30. The molecule has 3 fully saturated rings. The summed E-state index contributed by atoms with van der Waals surface area (Å²) >= 11 is 13.6. The van der Waals surface area contributed by atoms with Crippen LogP contribution < -0.4 is 5.46 Å². The van der Waals surface area contributed by atoms with E-state index in [-0.39, 0.29) is 27.2 Å². The lowest BCUT2D eigenvalue weighted by Gasteiger charge is -2.32. The molecule has 0 radical (unpaired) electrons. The van der Waals surface area contributed by atoms with E-state index in [0.717, 1.165) is 73.5 Å². The molecule has 0 saturated carbocycles. The van der Waals surface area contributed by atoms with Gasteiger partial charge in [0.2, 0.25) is 0 Å². The standard InChI is InChI=1S/C23H35BN4O3Si.C17H23BrN4OSi.C12H24B2O4.C2H4Cl2/c1-22(2)23(3,4)31-24(30-22)18-11-19-20(17-12-26-27(5)14-17)15-28(21(19)25-13-18)16-29-9-10-32(6,7)8;1-21-10-13(8-20-21)16-11-22(12-23-5-6-24(2,3)4)17-15(16)7-14(18)9-19-17;1-9(2)10(3,4)16-13(15-9)14-17-11(5,6)12(7,8)18-14;1-2(3)4/h11-15H,9-10,16H2,1-8H3;7-11H,5-6,12H2,1-4H3;1-8H3;2H,1H3. The van der Waals surface area contributed by atoms with Crippen molar-refractivity contribution >= 4 is 104 Å². The van der Waals surface area contributed by atoms with E-state index < -0.39 is 48.5 Å². The van der Waals surface area contributed by atoms with Crippen molar-refractivity contribution in [1.29, 1.82) is 0 Å². The fourth-order valence-corrected chi connectivity index (χ4v) is 10.1. The predicted octanol–water partition coefficient (Wildman–Crippen LogP) is 12.6. The quantitative estimate of drug-likeness (QED) is 0.0581. The van der Waals surface area contributed by atoms with E-state index in [2.05, 4.69) is 132 Å². The first-order valence-electron chi connectivity index (χ1n) is 26.9. The zero-order valence-corrected chi connectivity index (χ0v) is 55.4. The van der Waals surface area contributed by atoms with Gasteiger partial charge in [0, 0.05) is 124 Å². The third-order valence-corrected chi connectivity index (χ3v) is 19.0. The Kier molecular flexibility index (Phi) is 20.3. The zero-order valence-electron chi connectivity index (χ0n) is 50.3. The van der Waals surface area contributed by atoms with Gasteiger partial charge in [-0.05, 0) is 130 Å². The lowest BCUT2D eigenvalue weighted by Crippen LogP contribution is -2.41. The molecule has 0 bridgehead atoms. The van der Waals surface area contributed by atoms with E-state index in [1.54, 1.807) is 6.92 Å². The summed E-state index contributed by atoms with van der Waals surface area (Å²) < 4.78 is 57.1. The maximum atomic E-state index is 6.26. The van der Waals surface area contributed by atoms with Gasteiger partial charge in [-0.3, -0.25) is 9.36 Å². The number of pyridine rings is 2. The van der Waals surface area contributed by atoms with Gasteiger partial charge in [0.25, 0.3) is 0 Å². The predicted molar refractivity (Wildman–Crippen MR) is 329 cm³/mol. The molecule has 24 heteroatoms. The van der Waals surface area contributed by atoms with Gasteiger partial charge in [0.1, 0.15) is 29.6 Å². The van der Waals surface area contributed by atoms with Crippen LogP contribution in [0.2, 0.25) is 51.4 Å². The molecule has 0 unspecified atom stereocenters. The van der Waals surface area contributed by atoms with Crippen LogP contribution in [0.1, 0.15) is 90.0 Å². The van der Waals surface area contributed by atoms with Gasteiger partial charge in [-0.15, -0.1) is 23.2 Å². The van der Waals surface area contributed by atoms with Crippen LogP contribution in [0, 0.1) is 0 Å². The Labute approximate surface area is 486 Å². The lowest BCUT2D eigenvalue weighted by molar-refractivity contribution is 0.00578. The molecular formula is C54H86B3BrCl2N8O8Si2. The van der Waals surface area contributed by atoms with E-state index in [4.69, 9.17) is 65.6 Å². The average Bonchev–Trinajstić information content (AvgIpc) is 4.16. The van der Waals surface area contributed by atoms with Gasteiger partial charge in [-0.25, -0.2) is 9.97 Å². The molecule has 0 aromatic carbocycles. The average molecular weight is 1210 g/mol. The Bertz CT molecular complexity index is 2890. The minimum absolute atomic E-state index is 0.222. The summed E-state index contributed by atoms with van der Waals surface area (Å²) in [5, 5.41) is 10.8. The maximum Gasteiger partial charge on any atom is 0.496 e. The van der Waals surface area contributed by atoms with Gasteiger partial charge in [0.05, 0.1) is 46.0 Å². The number of halogens is 3. The highest BCUT2D eigenvalue weighted by atomic mass is 79.9. The molecule has 3 aliphatic rings. The molecule has 0 N–H and O–H groups in total. The highest BCUT2D eigenvalue weighted by molar-refractivity contribution is 9.10. The van der Waals surface area contributed by atoms with Gasteiger partial charge >= 0.3 is 21.1 Å². The molecule has 3 saturated heterocycles. The highest BCUT2D eigenvalue weighted by Gasteiger charge is 2.63. The third kappa shape index (κ3) is 16.0. The topological polar surface area (TPSA) is 145 Å². The number of nitrogens with zero attached hydrogens (tertiary/aromatic N) is 8. The number of hydrogen-bond acceptors (Lipinski definition) is 12. The van der Waals surface area contributed by atoms with Crippen LogP contribution in [0.25, 0.3) is 44.3 Å². The van der Waals surface area contributed by atoms with Crippen molar-refractivity contribution in [1.82, 2.24) is 38.7 Å². The smallest absolute Gasteiger partial charge is 0.405 e. The molecule has 16 nitrogen and oxygen atoms in total. The van der Waals surface area contributed by atoms with E-state index in [9.17, 15) is 0 Å². The third-order valence-electron chi connectivity index (χ3n) is 15.2. The summed E-state index contributed by atoms with van der Waals surface area (Å²) in [5.41, 5.74) is 4.85. The number of fused-ring (bicyclic) bond motifs is 2. The normalized spacial score (nSPS) is 19.0. The van der Waals surface area contributed by atoms with Crippen LogP contribution in [0.4, 0.5) is 0 Å². The summed E-state index contributed by atoms with van der Waals surface area (Å²) in [7, 11) is 0.256. The van der Waals surface area contributed by atoms with E-state index >= 15 is 0 Å². The van der Waals surface area contributed by atoms with Crippen LogP contribution in [-0.2, 0) is 65.0 Å². The molecule has 6 aromatic rings. The maximum absolute atomic E-state index is 6.26. The molecule has 6 aromatic heterocycles. The van der Waals surface area contributed by atoms with Crippen molar-refractivity contribution in [2.24, 2.45) is 14.1 Å². The Hall–Kier alpha value is -2.83. The van der Waals surface area contributed by atoms with Crippen molar-refractivity contribution in [3.8, 4) is 22.3 Å². The molecule has 9 heterocycles. The van der Waals surface area contributed by atoms with E-state index in [1.165, 1.54) is 6.04 Å². The van der Waals surface area contributed by atoms with Gasteiger partial charge < -0.3 is 46.5 Å². The van der Waals surface area contributed by atoms with Gasteiger partial charge in [-0.1, -0.05) is 39.3 Å². The molecule has 78 heavy (non-hydrogen) atoms. The summed E-state index contributed by atoms with van der Waals surface area (Å²) in [4.78, 5) is 9.16. The molecule has 0 spiro atoms. The molecule has 0 amide bonds. The SMILES string of the molecule is CC(Cl)Cl.CC1(C)OB(B2OC(C)(C)C(C)(C)O2)OC1(C)C.Cn1cc(-c2cn(COCC[Si](C)(C)C)c3ncc(B4OC(C)(C)C(C)(C)O4)cc23)cn1.Cn1cc(-c2cn(COCC[Si](C)(C)C)c3ncc(Br)cc23)cn1. The second-order valence-corrected chi connectivity index (χ2v) is 39.7. The Morgan fingerprint density at radius 2 is 0.897 bits per heavy atom. The van der Waals surface area contributed by atoms with Crippen molar-refractivity contribution in [2.45, 2.75) is 193 Å². The van der Waals surface area contributed by atoms with Crippen LogP contribution in [0.5, 0.6) is 0 Å². The van der Waals surface area contributed by atoms with Crippen molar-refractivity contribution < 1.29 is 37.4 Å². The van der Waals surface area contributed by atoms with E-state index in [1.807, 2.05) is 116 Å². The molecule has 0 aliphatic carbocycles. The van der Waals surface area contributed by atoms with Crippen LogP contribution in [0.3, 0.4) is 0 Å². The summed E-state index contributed by atoms with van der Waals surface area (Å²) in [6.45, 7) is 42.9. The number of ether oxygens (including phenoxy) is 2. The summed E-state index contributed by atoms with van der Waals surface area (Å²) in [6, 6.07) is 6.54. The molecule has 3 aliphatic heterocycles. The number of rotatable bonds is 14. The number of alkyl halides is 2. The first-order chi connectivity index (χ1) is 35.8. The highest BCUT2D eigenvalue weighted by Crippen LogP contribution is 2.43. The zero-order chi connectivity index (χ0) is 58.2. The van der Waals surface area contributed by atoms with Crippen molar-refractivity contribution in [3.05, 3.63) is 66.2 Å². The summed E-state index contributed by atoms with van der Waals surface area (Å²) in [6.07, 6.45) is 15.7. The second-order valence-electron chi connectivity index (χ2n) is 26.0. The number of hydrogen-bond donors (Lipinski definition) is 0. The van der Waals surface area contributed by atoms with Crippen LogP contribution in [0.15, 0.2) is 66.2 Å². The van der Waals surface area contributed by atoms with Crippen LogP contribution >= 0.6 is 39.1 Å². The van der Waals surface area contributed by atoms with Gasteiger partial charge in [-0.2, -0.15) is 10.2 Å².